The zero-order chi connectivity index (χ0) is 12.7. The number of thioether (sulfide) groups is 1. The van der Waals surface area contributed by atoms with Crippen LogP contribution in [-0.2, 0) is 9.53 Å². The number of carbonyl (C=O) groups is 1. The van der Waals surface area contributed by atoms with Crippen LogP contribution >= 0.6 is 11.8 Å². The highest BCUT2D eigenvalue weighted by Crippen LogP contribution is 2.21. The van der Waals surface area contributed by atoms with Gasteiger partial charge >= 0.3 is 5.97 Å². The number of hydrogen-bond donors (Lipinski definition) is 1. The van der Waals surface area contributed by atoms with Gasteiger partial charge in [0.25, 0.3) is 0 Å². The average molecular weight is 253 g/mol. The summed E-state index contributed by atoms with van der Waals surface area (Å²) in [5.41, 5.74) is 5.03. The van der Waals surface area contributed by atoms with E-state index in [2.05, 4.69) is 0 Å². The van der Waals surface area contributed by atoms with Gasteiger partial charge in [0, 0.05) is 10.6 Å². The lowest BCUT2D eigenvalue weighted by Gasteiger charge is -2.21. The molecule has 1 atom stereocenters. The van der Waals surface area contributed by atoms with Gasteiger partial charge in [-0.25, -0.2) is 0 Å². The fourth-order valence-electron chi connectivity index (χ4n) is 1.30. The SMILES string of the molecule is CCOC(=O)C(C)(N)CCSc1ccccc1. The Bertz CT molecular complexity index is 352. The van der Waals surface area contributed by atoms with Crippen LogP contribution in [0.1, 0.15) is 20.3 Å². The van der Waals surface area contributed by atoms with Crippen LogP contribution in [-0.4, -0.2) is 23.9 Å². The molecule has 1 aromatic carbocycles. The molecule has 0 aliphatic rings. The van der Waals surface area contributed by atoms with Crippen LogP contribution in [0.15, 0.2) is 35.2 Å². The van der Waals surface area contributed by atoms with E-state index in [0.717, 1.165) is 5.75 Å². The first-order chi connectivity index (χ1) is 8.06. The van der Waals surface area contributed by atoms with Crippen molar-refractivity contribution in [1.82, 2.24) is 0 Å². The Kier molecular flexibility index (Phi) is 5.51. The number of rotatable bonds is 6. The van der Waals surface area contributed by atoms with Crippen molar-refractivity contribution < 1.29 is 9.53 Å². The molecule has 0 fully saturated rings. The predicted octanol–water partition coefficient (Wildman–Crippen LogP) is 2.45. The third-order valence-corrected chi connectivity index (χ3v) is 3.39. The Morgan fingerprint density at radius 3 is 2.65 bits per heavy atom. The molecule has 1 unspecified atom stereocenters. The maximum absolute atomic E-state index is 11.6. The minimum atomic E-state index is -0.891. The summed E-state index contributed by atoms with van der Waals surface area (Å²) in [4.78, 5) is 12.7. The van der Waals surface area contributed by atoms with E-state index < -0.39 is 5.54 Å². The Morgan fingerprint density at radius 1 is 1.41 bits per heavy atom. The van der Waals surface area contributed by atoms with Gasteiger partial charge in [0.15, 0.2) is 0 Å². The second kappa shape index (κ2) is 6.67. The van der Waals surface area contributed by atoms with Gasteiger partial charge in [-0.2, -0.15) is 0 Å². The van der Waals surface area contributed by atoms with Gasteiger partial charge < -0.3 is 10.5 Å². The molecule has 1 aromatic rings. The third-order valence-electron chi connectivity index (χ3n) is 2.38. The molecule has 0 heterocycles. The van der Waals surface area contributed by atoms with E-state index in [9.17, 15) is 4.79 Å². The number of hydrogen-bond acceptors (Lipinski definition) is 4. The first-order valence-electron chi connectivity index (χ1n) is 5.70. The van der Waals surface area contributed by atoms with Crippen LogP contribution in [0.2, 0.25) is 0 Å². The van der Waals surface area contributed by atoms with Gasteiger partial charge in [-0.05, 0) is 32.4 Å². The molecule has 0 spiro atoms. The van der Waals surface area contributed by atoms with Gasteiger partial charge in [0.05, 0.1) is 6.61 Å². The number of carbonyl (C=O) groups excluding carboxylic acids is 1. The van der Waals surface area contributed by atoms with Crippen LogP contribution in [0.25, 0.3) is 0 Å². The average Bonchev–Trinajstić information content (AvgIpc) is 2.30. The molecule has 0 radical (unpaired) electrons. The second-order valence-corrected chi connectivity index (χ2v) is 5.22. The molecule has 0 bridgehead atoms. The zero-order valence-electron chi connectivity index (χ0n) is 10.3. The summed E-state index contributed by atoms with van der Waals surface area (Å²) in [6.07, 6.45) is 0.603. The maximum Gasteiger partial charge on any atom is 0.325 e. The Hall–Kier alpha value is -1.00. The van der Waals surface area contributed by atoms with Crippen molar-refractivity contribution >= 4 is 17.7 Å². The van der Waals surface area contributed by atoms with Gasteiger partial charge in [0.2, 0.25) is 0 Å². The first-order valence-corrected chi connectivity index (χ1v) is 6.69. The lowest BCUT2D eigenvalue weighted by atomic mass is 10.0. The predicted molar refractivity (Wildman–Crippen MR) is 71.0 cm³/mol. The summed E-state index contributed by atoms with van der Waals surface area (Å²) in [6.45, 7) is 3.88. The van der Waals surface area contributed by atoms with E-state index in [1.807, 2.05) is 30.3 Å². The molecule has 0 aliphatic heterocycles. The van der Waals surface area contributed by atoms with Crippen LogP contribution < -0.4 is 5.73 Å². The fraction of sp³-hybridized carbons (Fsp3) is 0.462. The maximum atomic E-state index is 11.6. The van der Waals surface area contributed by atoms with Crippen molar-refractivity contribution in [3.63, 3.8) is 0 Å². The third kappa shape index (κ3) is 4.79. The minimum absolute atomic E-state index is 0.325. The van der Waals surface area contributed by atoms with Crippen LogP contribution in [0.4, 0.5) is 0 Å². The summed E-state index contributed by atoms with van der Waals surface area (Å²) >= 11 is 1.70. The van der Waals surface area contributed by atoms with Gasteiger partial charge in [-0.15, -0.1) is 11.8 Å². The van der Waals surface area contributed by atoms with Crippen molar-refractivity contribution in [2.75, 3.05) is 12.4 Å². The highest BCUT2D eigenvalue weighted by atomic mass is 32.2. The molecule has 17 heavy (non-hydrogen) atoms. The largest absolute Gasteiger partial charge is 0.465 e. The van der Waals surface area contributed by atoms with E-state index in [4.69, 9.17) is 10.5 Å². The Morgan fingerprint density at radius 2 is 2.06 bits per heavy atom. The topological polar surface area (TPSA) is 52.3 Å². The molecular formula is C13H19NO2S. The number of benzene rings is 1. The lowest BCUT2D eigenvalue weighted by molar-refractivity contribution is -0.149. The summed E-state index contributed by atoms with van der Waals surface area (Å²) in [5, 5.41) is 0. The summed E-state index contributed by atoms with van der Waals surface area (Å²) < 4.78 is 4.94. The summed E-state index contributed by atoms with van der Waals surface area (Å²) in [5.74, 6) is 0.476. The van der Waals surface area contributed by atoms with Crippen molar-refractivity contribution in [2.45, 2.75) is 30.7 Å². The molecule has 0 saturated heterocycles. The molecule has 1 rings (SSSR count). The van der Waals surface area contributed by atoms with Crippen molar-refractivity contribution in [2.24, 2.45) is 5.73 Å². The molecule has 94 valence electrons. The molecule has 2 N–H and O–H groups in total. The van der Waals surface area contributed by atoms with E-state index in [1.54, 1.807) is 25.6 Å². The molecule has 0 saturated carbocycles. The van der Waals surface area contributed by atoms with Crippen LogP contribution in [0, 0.1) is 0 Å². The highest BCUT2D eigenvalue weighted by Gasteiger charge is 2.29. The minimum Gasteiger partial charge on any atom is -0.465 e. The smallest absolute Gasteiger partial charge is 0.325 e. The van der Waals surface area contributed by atoms with Crippen molar-refractivity contribution in [1.29, 1.82) is 0 Å². The number of ether oxygens (including phenoxy) is 1. The normalized spacial score (nSPS) is 14.1. The van der Waals surface area contributed by atoms with Gasteiger partial charge in [-0.3, -0.25) is 4.79 Å². The molecule has 3 nitrogen and oxygen atoms in total. The molecule has 4 heteroatoms. The van der Waals surface area contributed by atoms with E-state index in [1.165, 1.54) is 4.90 Å². The van der Waals surface area contributed by atoms with E-state index in [0.29, 0.717) is 13.0 Å². The molecule has 0 amide bonds. The molecule has 0 aliphatic carbocycles. The van der Waals surface area contributed by atoms with Gasteiger partial charge in [-0.1, -0.05) is 18.2 Å². The zero-order valence-corrected chi connectivity index (χ0v) is 11.1. The fourth-order valence-corrected chi connectivity index (χ4v) is 2.41. The highest BCUT2D eigenvalue weighted by molar-refractivity contribution is 7.99. The van der Waals surface area contributed by atoms with Crippen molar-refractivity contribution in [3.05, 3.63) is 30.3 Å². The van der Waals surface area contributed by atoms with E-state index >= 15 is 0 Å². The van der Waals surface area contributed by atoms with Crippen LogP contribution in [0.3, 0.4) is 0 Å². The van der Waals surface area contributed by atoms with Crippen molar-refractivity contribution in [3.8, 4) is 0 Å². The molecular weight excluding hydrogens is 234 g/mol. The summed E-state index contributed by atoms with van der Waals surface area (Å²) in [7, 11) is 0. The van der Waals surface area contributed by atoms with Crippen LogP contribution in [0.5, 0.6) is 0 Å². The van der Waals surface area contributed by atoms with Gasteiger partial charge in [0.1, 0.15) is 5.54 Å². The first kappa shape index (κ1) is 14.1. The Labute approximate surface area is 107 Å². The number of esters is 1. The lowest BCUT2D eigenvalue weighted by Crippen LogP contribution is -2.46. The quantitative estimate of drug-likeness (QED) is 0.625. The number of nitrogens with two attached hydrogens (primary N) is 1. The summed E-state index contributed by atoms with van der Waals surface area (Å²) in [6, 6.07) is 10.1. The van der Waals surface area contributed by atoms with E-state index in [-0.39, 0.29) is 5.97 Å². The molecule has 0 aromatic heterocycles. The monoisotopic (exact) mass is 253 g/mol. The second-order valence-electron chi connectivity index (χ2n) is 4.05. The standard InChI is InChI=1S/C13H19NO2S/c1-3-16-12(15)13(2,14)9-10-17-11-7-5-4-6-8-11/h4-8H,3,9-10,14H2,1-2H3. The Balaban J connectivity index is 2.37.